The number of para-hydroxylation sites is 1. The number of rotatable bonds is 4. The minimum Gasteiger partial charge on any atom is -0.457 e. The van der Waals surface area contributed by atoms with Crippen molar-refractivity contribution in [3.05, 3.63) is 35.5 Å². The summed E-state index contributed by atoms with van der Waals surface area (Å²) < 4.78 is 5.56. The molecular weight excluding hydrogens is 326 g/mol. The van der Waals surface area contributed by atoms with Crippen molar-refractivity contribution in [3.63, 3.8) is 0 Å². The van der Waals surface area contributed by atoms with Crippen molar-refractivity contribution in [2.75, 3.05) is 6.61 Å². The number of fused-ring (bicyclic) bond motifs is 1. The predicted molar refractivity (Wildman–Crippen MR) is 98.9 cm³/mol. The Morgan fingerprint density at radius 1 is 1.04 bits per heavy atom. The first-order valence-electron chi connectivity index (χ1n) is 9.87. The lowest BCUT2D eigenvalue weighted by Crippen LogP contribution is -2.48. The van der Waals surface area contributed by atoms with E-state index in [9.17, 15) is 9.59 Å². The highest BCUT2D eigenvalue weighted by molar-refractivity contribution is 6.10. The molecule has 1 heterocycles. The molecule has 0 spiro atoms. The molecule has 1 N–H and O–H groups in total. The first-order chi connectivity index (χ1) is 12.6. The van der Waals surface area contributed by atoms with Gasteiger partial charge in [0.15, 0.2) is 6.61 Å². The smallest absolute Gasteiger partial charge is 0.309 e. The van der Waals surface area contributed by atoms with Gasteiger partial charge in [-0.05, 0) is 68.8 Å². The van der Waals surface area contributed by atoms with Crippen molar-refractivity contribution in [2.24, 2.45) is 29.6 Å². The van der Waals surface area contributed by atoms with Crippen molar-refractivity contribution in [1.82, 2.24) is 4.98 Å². The zero-order valence-corrected chi connectivity index (χ0v) is 15.2. The van der Waals surface area contributed by atoms with E-state index in [-0.39, 0.29) is 24.3 Å². The summed E-state index contributed by atoms with van der Waals surface area (Å²) in [5, 5.41) is 0.903. The SMILES string of the molecule is Cc1[nH]c2ccccc2c1C(=O)COC(=O)C1C2CC3CC(C2)CC1C3. The van der Waals surface area contributed by atoms with Crippen LogP contribution in [0.25, 0.3) is 10.9 Å². The third kappa shape index (κ3) is 2.50. The van der Waals surface area contributed by atoms with Gasteiger partial charge in [0.1, 0.15) is 0 Å². The van der Waals surface area contributed by atoms with E-state index >= 15 is 0 Å². The van der Waals surface area contributed by atoms with Gasteiger partial charge in [-0.15, -0.1) is 0 Å². The van der Waals surface area contributed by atoms with Crippen LogP contribution in [0.15, 0.2) is 24.3 Å². The van der Waals surface area contributed by atoms with Gasteiger partial charge in [0.05, 0.1) is 5.92 Å². The second kappa shape index (κ2) is 5.97. The molecule has 6 rings (SSSR count). The maximum Gasteiger partial charge on any atom is 0.309 e. The maximum absolute atomic E-state index is 12.8. The molecule has 1 aromatic heterocycles. The Labute approximate surface area is 153 Å². The van der Waals surface area contributed by atoms with Gasteiger partial charge >= 0.3 is 5.97 Å². The molecule has 4 saturated carbocycles. The number of carbonyl (C=O) groups excluding carboxylic acids is 2. The van der Waals surface area contributed by atoms with Crippen LogP contribution in [-0.2, 0) is 9.53 Å². The van der Waals surface area contributed by atoms with Crippen LogP contribution >= 0.6 is 0 Å². The summed E-state index contributed by atoms with van der Waals surface area (Å²) in [5.74, 6) is 2.42. The Morgan fingerprint density at radius 3 is 2.38 bits per heavy atom. The van der Waals surface area contributed by atoms with E-state index in [0.717, 1.165) is 28.4 Å². The molecule has 0 atom stereocenters. The highest BCUT2D eigenvalue weighted by Crippen LogP contribution is 2.56. The monoisotopic (exact) mass is 351 g/mol. The predicted octanol–water partition coefficient (Wildman–Crippen LogP) is 4.27. The van der Waals surface area contributed by atoms with E-state index in [1.807, 2.05) is 31.2 Å². The lowest BCUT2D eigenvalue weighted by atomic mass is 9.52. The Hall–Kier alpha value is -2.10. The number of ketones is 1. The van der Waals surface area contributed by atoms with Crippen LogP contribution in [0.1, 0.15) is 48.2 Å². The molecule has 4 fully saturated rings. The van der Waals surface area contributed by atoms with Crippen molar-refractivity contribution in [2.45, 2.75) is 39.0 Å². The fraction of sp³-hybridized carbons (Fsp3) is 0.545. The molecule has 4 heteroatoms. The molecule has 0 saturated heterocycles. The van der Waals surface area contributed by atoms with Crippen LogP contribution in [0.3, 0.4) is 0 Å². The quantitative estimate of drug-likeness (QED) is 0.661. The van der Waals surface area contributed by atoms with Crippen LogP contribution < -0.4 is 0 Å². The number of aryl methyl sites for hydroxylation is 1. The summed E-state index contributed by atoms with van der Waals surface area (Å²) in [6.45, 7) is 1.75. The van der Waals surface area contributed by atoms with Gasteiger partial charge < -0.3 is 9.72 Å². The average Bonchev–Trinajstić information content (AvgIpc) is 2.94. The number of aromatic nitrogens is 1. The standard InChI is InChI=1S/C22H25NO3/c1-12-20(17-4-2-3-5-18(17)23-12)19(24)11-26-22(25)21-15-7-13-6-14(9-15)10-16(21)8-13/h2-5,13-16,21,23H,6-11H2,1H3. The number of H-pyrrole nitrogens is 1. The van der Waals surface area contributed by atoms with Crippen molar-refractivity contribution < 1.29 is 14.3 Å². The lowest BCUT2D eigenvalue weighted by Gasteiger charge is -2.53. The third-order valence-electron chi connectivity index (χ3n) is 7.02. The van der Waals surface area contributed by atoms with Gasteiger partial charge in [-0.3, -0.25) is 9.59 Å². The van der Waals surface area contributed by atoms with Gasteiger partial charge in [0.25, 0.3) is 0 Å². The molecular formula is C22H25NO3. The zero-order valence-electron chi connectivity index (χ0n) is 15.2. The third-order valence-corrected chi connectivity index (χ3v) is 7.02. The number of ether oxygens (including phenoxy) is 1. The van der Waals surface area contributed by atoms with E-state index < -0.39 is 0 Å². The van der Waals surface area contributed by atoms with Crippen LogP contribution in [-0.4, -0.2) is 23.3 Å². The Kier molecular flexibility index (Phi) is 3.70. The highest BCUT2D eigenvalue weighted by atomic mass is 16.5. The molecule has 136 valence electrons. The molecule has 0 radical (unpaired) electrons. The van der Waals surface area contributed by atoms with Crippen LogP contribution in [0.4, 0.5) is 0 Å². The zero-order chi connectivity index (χ0) is 17.8. The van der Waals surface area contributed by atoms with Crippen molar-refractivity contribution >= 4 is 22.7 Å². The molecule has 4 bridgehead atoms. The largest absolute Gasteiger partial charge is 0.457 e. The van der Waals surface area contributed by atoms with Crippen LogP contribution in [0.5, 0.6) is 0 Å². The second-order valence-electron chi connectivity index (χ2n) is 8.66. The van der Waals surface area contributed by atoms with Crippen LogP contribution in [0.2, 0.25) is 0 Å². The van der Waals surface area contributed by atoms with Crippen molar-refractivity contribution in [1.29, 1.82) is 0 Å². The number of hydrogen-bond acceptors (Lipinski definition) is 3. The summed E-state index contributed by atoms with van der Waals surface area (Å²) >= 11 is 0. The first kappa shape index (κ1) is 16.1. The van der Waals surface area contributed by atoms with E-state index in [4.69, 9.17) is 4.74 Å². The second-order valence-corrected chi connectivity index (χ2v) is 8.66. The molecule has 26 heavy (non-hydrogen) atoms. The van der Waals surface area contributed by atoms with E-state index in [1.165, 1.54) is 32.1 Å². The molecule has 0 unspecified atom stereocenters. The highest BCUT2D eigenvalue weighted by Gasteiger charge is 2.51. The Morgan fingerprint density at radius 2 is 1.69 bits per heavy atom. The normalized spacial score (nSPS) is 32.1. The molecule has 0 aliphatic heterocycles. The molecule has 0 amide bonds. The minimum atomic E-state index is -0.148. The van der Waals surface area contributed by atoms with Gasteiger partial charge in [-0.25, -0.2) is 0 Å². The maximum atomic E-state index is 12.8. The number of nitrogens with one attached hydrogen (secondary N) is 1. The van der Waals surface area contributed by atoms with Gasteiger partial charge in [-0.2, -0.15) is 0 Å². The van der Waals surface area contributed by atoms with E-state index in [0.29, 0.717) is 17.4 Å². The summed E-state index contributed by atoms with van der Waals surface area (Å²) in [6, 6.07) is 7.76. The van der Waals surface area contributed by atoms with E-state index in [1.54, 1.807) is 0 Å². The van der Waals surface area contributed by atoms with Gasteiger partial charge in [0, 0.05) is 22.2 Å². The summed E-state index contributed by atoms with van der Waals surface area (Å²) in [4.78, 5) is 28.7. The number of benzene rings is 1. The fourth-order valence-electron chi connectivity index (χ4n) is 6.25. The number of Topliss-reactive ketones (excluding diaryl/α,β-unsaturated/α-hetero) is 1. The summed E-state index contributed by atoms with van der Waals surface area (Å²) in [6.07, 6.45) is 6.10. The number of esters is 1. The number of aromatic amines is 1. The molecule has 4 nitrogen and oxygen atoms in total. The minimum absolute atomic E-state index is 0.0275. The lowest BCUT2D eigenvalue weighted by molar-refractivity contribution is -0.161. The molecule has 1 aromatic carbocycles. The molecule has 2 aromatic rings. The average molecular weight is 351 g/mol. The summed E-state index contributed by atoms with van der Waals surface area (Å²) in [7, 11) is 0. The topological polar surface area (TPSA) is 59.2 Å². The van der Waals surface area contributed by atoms with Gasteiger partial charge in [-0.1, -0.05) is 18.2 Å². The number of carbonyl (C=O) groups is 2. The first-order valence-corrected chi connectivity index (χ1v) is 9.87. The summed E-state index contributed by atoms with van der Waals surface area (Å²) in [5.41, 5.74) is 2.43. The molecule has 4 aliphatic carbocycles. The van der Waals surface area contributed by atoms with E-state index in [2.05, 4.69) is 4.98 Å². The molecule has 4 aliphatic rings. The van der Waals surface area contributed by atoms with Crippen LogP contribution in [0, 0.1) is 36.5 Å². The fourth-order valence-corrected chi connectivity index (χ4v) is 6.25. The Balaban J connectivity index is 1.29. The Bertz CT molecular complexity index is 853. The number of hydrogen-bond donors (Lipinski definition) is 1. The van der Waals surface area contributed by atoms with Gasteiger partial charge in [0.2, 0.25) is 5.78 Å². The van der Waals surface area contributed by atoms with Crippen molar-refractivity contribution in [3.8, 4) is 0 Å².